The second-order valence-corrected chi connectivity index (χ2v) is 16.6. The van der Waals surface area contributed by atoms with Crippen molar-refractivity contribution in [3.8, 4) is 0 Å². The minimum atomic E-state index is -1.84. The number of guanidine groups is 1. The average molecular weight is 944 g/mol. The molecule has 0 bridgehead atoms. The number of aliphatic hydroxyl groups is 9. The topological polar surface area (TPSA) is 386 Å². The molecule has 1 heterocycles. The lowest BCUT2D eigenvalue weighted by Gasteiger charge is -2.32. The van der Waals surface area contributed by atoms with E-state index in [2.05, 4.69) is 31.7 Å². The van der Waals surface area contributed by atoms with Crippen molar-refractivity contribution in [2.24, 2.45) is 16.5 Å². The number of nitrogen functional groups attached to an aromatic ring is 2. The van der Waals surface area contributed by atoms with E-state index in [1.807, 2.05) is 42.5 Å². The summed E-state index contributed by atoms with van der Waals surface area (Å²) in [7, 11) is 0. The van der Waals surface area contributed by atoms with E-state index in [-0.39, 0.29) is 60.4 Å². The molecule has 66 heavy (non-hydrogen) atoms. The molecule has 0 fully saturated rings. The summed E-state index contributed by atoms with van der Waals surface area (Å²) in [6, 6.07) is 18.4. The maximum atomic E-state index is 13.1. The zero-order chi connectivity index (χ0) is 48.5. The van der Waals surface area contributed by atoms with Crippen molar-refractivity contribution in [3.63, 3.8) is 0 Å². The highest BCUT2D eigenvalue weighted by Crippen LogP contribution is 2.21. The van der Waals surface area contributed by atoms with Crippen LogP contribution in [-0.4, -0.2) is 167 Å². The molecule has 0 saturated heterocycles. The number of nitrogens with one attached hydrogen (secondary N) is 2. The van der Waals surface area contributed by atoms with Gasteiger partial charge in [0.05, 0.1) is 37.6 Å². The predicted octanol–water partition coefficient (Wildman–Crippen LogP) is -1.84. The minimum Gasteiger partial charge on any atom is -0.394 e. The standard InChI is InChI=1S/C44H63ClN10O11/c45-39-41(48)53-40(47)36(52-39)43(66)54-44(49)50-14-2-1-4-25-6-10-28-17-26(7-11-27(28)16-25)18-31(46)42(65)51-29-12-8-24(9-13-29)5-3-15-55(20-30(58)19-32(59)34(61)22-56)21-33(60)37(63)38(64)35(62)23-57/h6-13,16-17,30-35,37-38,56-64H,1-5,14-15,18-23,46H2,(H,51,65)(H4,47,48,53)(H3,49,50,54,66)/t30-,31+,32+,33+,34-,35-,37-,38-/m1/s1. The van der Waals surface area contributed by atoms with Crippen LogP contribution in [0.1, 0.15) is 52.9 Å². The summed E-state index contributed by atoms with van der Waals surface area (Å²) in [5.74, 6) is -1.44. The first kappa shape index (κ1) is 53.5. The zero-order valence-corrected chi connectivity index (χ0v) is 37.2. The van der Waals surface area contributed by atoms with Gasteiger partial charge < -0.3 is 74.2 Å². The average Bonchev–Trinajstić information content (AvgIpc) is 3.29. The summed E-state index contributed by atoms with van der Waals surface area (Å²) in [5, 5.41) is 96.4. The fourth-order valence-corrected chi connectivity index (χ4v) is 7.18. The number of nitrogens with zero attached hydrogens (tertiary/aromatic N) is 4. The first-order valence-electron chi connectivity index (χ1n) is 21.5. The fraction of sp³-hybridized carbons (Fsp3) is 0.477. The Morgan fingerprint density at radius 3 is 2.00 bits per heavy atom. The van der Waals surface area contributed by atoms with Gasteiger partial charge >= 0.3 is 0 Å². The number of carbonyl (C=O) groups excluding carboxylic acids is 2. The number of aromatic nitrogens is 2. The summed E-state index contributed by atoms with van der Waals surface area (Å²) in [6.07, 6.45) is -7.62. The molecule has 0 aliphatic carbocycles. The summed E-state index contributed by atoms with van der Waals surface area (Å²) in [4.78, 5) is 38.9. The molecule has 0 unspecified atom stereocenters. The molecular formula is C44H63ClN10O11. The van der Waals surface area contributed by atoms with Crippen molar-refractivity contribution in [2.75, 3.05) is 56.2 Å². The molecule has 8 atom stereocenters. The van der Waals surface area contributed by atoms with Crippen molar-refractivity contribution in [2.45, 2.75) is 93.7 Å². The van der Waals surface area contributed by atoms with Crippen molar-refractivity contribution in [3.05, 3.63) is 88.2 Å². The third-order valence-corrected chi connectivity index (χ3v) is 11.1. The number of aliphatic hydroxyl groups excluding tert-OH is 9. The number of aryl methyl sites for hydroxylation is 2. The summed E-state index contributed by atoms with van der Waals surface area (Å²) >= 11 is 5.84. The molecule has 4 rings (SSSR count). The van der Waals surface area contributed by atoms with Crippen molar-refractivity contribution in [1.29, 1.82) is 0 Å². The molecule has 0 aliphatic rings. The van der Waals surface area contributed by atoms with Crippen LogP contribution in [-0.2, 0) is 24.1 Å². The molecule has 21 nitrogen and oxygen atoms in total. The number of fused-ring (bicyclic) bond motifs is 1. The number of carbonyl (C=O) groups is 2. The van der Waals surface area contributed by atoms with E-state index in [0.29, 0.717) is 37.9 Å². The van der Waals surface area contributed by atoms with Crippen LogP contribution in [0.2, 0.25) is 5.15 Å². The highest BCUT2D eigenvalue weighted by atomic mass is 35.5. The molecule has 0 spiro atoms. The Hall–Kier alpha value is -5.14. The fourth-order valence-electron chi connectivity index (χ4n) is 7.06. The Labute approximate surface area is 386 Å². The van der Waals surface area contributed by atoms with E-state index in [4.69, 9.17) is 44.7 Å². The van der Waals surface area contributed by atoms with Crippen LogP contribution in [0.15, 0.2) is 65.7 Å². The number of rotatable bonds is 26. The Bertz CT molecular complexity index is 2210. The van der Waals surface area contributed by atoms with Gasteiger partial charge in [-0.25, -0.2) is 9.97 Å². The molecule has 4 aromatic rings. The quantitative estimate of drug-likeness (QED) is 0.0187. The Morgan fingerprint density at radius 2 is 1.33 bits per heavy atom. The summed E-state index contributed by atoms with van der Waals surface area (Å²) in [6.45, 7) is -1.25. The molecule has 3 aromatic carbocycles. The smallest absolute Gasteiger partial charge is 0.280 e. The minimum absolute atomic E-state index is 0.0937. The molecule has 0 aliphatic heterocycles. The van der Waals surface area contributed by atoms with Gasteiger partial charge in [-0.3, -0.25) is 24.8 Å². The molecule has 22 heteroatoms. The molecule has 2 amide bonds. The van der Waals surface area contributed by atoms with E-state index in [1.54, 1.807) is 17.0 Å². The first-order chi connectivity index (χ1) is 31.4. The highest BCUT2D eigenvalue weighted by Gasteiger charge is 2.32. The zero-order valence-electron chi connectivity index (χ0n) is 36.4. The van der Waals surface area contributed by atoms with Crippen LogP contribution < -0.4 is 33.6 Å². The van der Waals surface area contributed by atoms with Gasteiger partial charge in [0.25, 0.3) is 5.91 Å². The van der Waals surface area contributed by atoms with Crippen LogP contribution in [0.5, 0.6) is 0 Å². The van der Waals surface area contributed by atoms with Crippen LogP contribution in [0.3, 0.4) is 0 Å². The SMILES string of the molecule is NC(=NCCCCc1ccc2cc(C[C@H](N)C(=O)Nc3ccc(CCCN(C[C@H](O)C[C@H](O)[C@H](O)CO)C[C@H](O)[C@@H](O)[C@H](O)[C@H](O)CO)cc3)ccc2c1)NC(=O)c1nc(Cl)c(N)nc1N. The first-order valence-corrected chi connectivity index (χ1v) is 21.8. The number of hydrogen-bond acceptors (Lipinski definition) is 18. The molecule has 1 aromatic heterocycles. The van der Waals surface area contributed by atoms with E-state index in [1.165, 1.54) is 0 Å². The number of unbranched alkanes of at least 4 members (excludes halogenated alkanes) is 1. The Balaban J connectivity index is 1.22. The van der Waals surface area contributed by atoms with Crippen molar-refractivity contribution in [1.82, 2.24) is 20.2 Å². The number of halogens is 1. The number of nitrogens with two attached hydrogens (primary N) is 4. The van der Waals surface area contributed by atoms with Gasteiger partial charge in [0, 0.05) is 31.7 Å². The van der Waals surface area contributed by atoms with Gasteiger partial charge in [0.1, 0.15) is 24.4 Å². The number of hydrogen-bond donors (Lipinski definition) is 15. The second kappa shape index (κ2) is 26.3. The van der Waals surface area contributed by atoms with Gasteiger partial charge in [0.2, 0.25) is 5.91 Å². The van der Waals surface area contributed by atoms with Crippen molar-refractivity contribution >= 4 is 57.5 Å². The normalized spacial score (nSPS) is 15.7. The van der Waals surface area contributed by atoms with Crippen molar-refractivity contribution < 1.29 is 55.5 Å². The van der Waals surface area contributed by atoms with Crippen LogP contribution in [0.4, 0.5) is 17.3 Å². The van der Waals surface area contributed by atoms with Gasteiger partial charge in [0.15, 0.2) is 28.4 Å². The summed E-state index contributed by atoms with van der Waals surface area (Å²) in [5.41, 5.74) is 26.7. The monoisotopic (exact) mass is 942 g/mol. The maximum Gasteiger partial charge on any atom is 0.280 e. The van der Waals surface area contributed by atoms with Crippen LogP contribution in [0, 0.1) is 0 Å². The largest absolute Gasteiger partial charge is 0.394 e. The second-order valence-electron chi connectivity index (χ2n) is 16.2. The number of anilines is 3. The van der Waals surface area contributed by atoms with E-state index < -0.39 is 67.9 Å². The van der Waals surface area contributed by atoms with Crippen LogP contribution >= 0.6 is 11.6 Å². The number of benzene rings is 3. The number of aliphatic imine (C=N–C) groups is 1. The van der Waals surface area contributed by atoms with Gasteiger partial charge in [-0.15, -0.1) is 0 Å². The molecule has 0 saturated carbocycles. The van der Waals surface area contributed by atoms with E-state index >= 15 is 0 Å². The van der Waals surface area contributed by atoms with Gasteiger partial charge in [-0.05, 0) is 84.7 Å². The Morgan fingerprint density at radius 1 is 0.727 bits per heavy atom. The van der Waals surface area contributed by atoms with E-state index in [9.17, 15) is 45.3 Å². The third kappa shape index (κ3) is 16.6. The van der Waals surface area contributed by atoms with Crippen LogP contribution in [0.25, 0.3) is 10.8 Å². The van der Waals surface area contributed by atoms with Gasteiger partial charge in [-0.1, -0.05) is 60.1 Å². The lowest BCUT2D eigenvalue weighted by atomic mass is 9.98. The highest BCUT2D eigenvalue weighted by molar-refractivity contribution is 6.31. The Kier molecular flexibility index (Phi) is 21.3. The summed E-state index contributed by atoms with van der Waals surface area (Å²) < 4.78 is 0. The molecular weight excluding hydrogens is 880 g/mol. The molecule has 0 radical (unpaired) electrons. The van der Waals surface area contributed by atoms with Gasteiger partial charge in [-0.2, -0.15) is 0 Å². The lowest BCUT2D eigenvalue weighted by molar-refractivity contribution is -0.120. The van der Waals surface area contributed by atoms with E-state index in [0.717, 1.165) is 40.3 Å². The molecule has 19 N–H and O–H groups in total. The molecule has 362 valence electrons. The maximum absolute atomic E-state index is 13.1. The number of amides is 2. The predicted molar refractivity (Wildman–Crippen MR) is 249 cm³/mol. The third-order valence-electron chi connectivity index (χ3n) is 10.8. The lowest BCUT2D eigenvalue weighted by Crippen LogP contribution is -2.51.